The van der Waals surface area contributed by atoms with Crippen molar-refractivity contribution >= 4 is 6.03 Å². The summed E-state index contributed by atoms with van der Waals surface area (Å²) in [5.74, 6) is 0.727. The van der Waals surface area contributed by atoms with Gasteiger partial charge in [0.15, 0.2) is 0 Å². The molecule has 1 saturated heterocycles. The molecule has 3 fully saturated rings. The Kier molecular flexibility index (Phi) is 4.96. The van der Waals surface area contributed by atoms with Crippen molar-refractivity contribution in [2.45, 2.75) is 75.9 Å². The van der Waals surface area contributed by atoms with Gasteiger partial charge in [0.05, 0.1) is 5.54 Å². The molecule has 4 nitrogen and oxygen atoms in total. The Labute approximate surface area is 164 Å². The first-order valence-corrected chi connectivity index (χ1v) is 10.8. The number of nitrogens with one attached hydrogen (secondary N) is 1. The summed E-state index contributed by atoms with van der Waals surface area (Å²) in [7, 11) is 2.28. The molecule has 4 rings (SSSR count). The molecule has 27 heavy (non-hydrogen) atoms. The van der Waals surface area contributed by atoms with Crippen LogP contribution in [-0.4, -0.2) is 47.5 Å². The minimum absolute atomic E-state index is 0.0305. The lowest BCUT2D eigenvalue weighted by atomic mass is 9.67. The molecule has 2 aliphatic carbocycles. The molecule has 2 saturated carbocycles. The first-order chi connectivity index (χ1) is 13.0. The van der Waals surface area contributed by atoms with Crippen LogP contribution in [0.3, 0.4) is 0 Å². The predicted octanol–water partition coefficient (Wildman–Crippen LogP) is 4.36. The second-order valence-corrected chi connectivity index (χ2v) is 9.39. The molecular weight excluding hydrogens is 334 g/mol. The van der Waals surface area contributed by atoms with Crippen molar-refractivity contribution in [3.63, 3.8) is 0 Å². The van der Waals surface area contributed by atoms with E-state index in [0.717, 1.165) is 44.7 Å². The van der Waals surface area contributed by atoms with Crippen LogP contribution in [0.25, 0.3) is 0 Å². The lowest BCUT2D eigenvalue weighted by molar-refractivity contribution is -0.00776. The van der Waals surface area contributed by atoms with Crippen LogP contribution in [0.5, 0.6) is 0 Å². The number of rotatable bonds is 5. The first-order valence-electron chi connectivity index (χ1n) is 10.8. The molecule has 0 radical (unpaired) electrons. The van der Waals surface area contributed by atoms with Crippen LogP contribution in [0.1, 0.15) is 64.4 Å². The van der Waals surface area contributed by atoms with Gasteiger partial charge in [0, 0.05) is 24.7 Å². The number of carbonyl (C=O) groups is 1. The first kappa shape index (κ1) is 18.8. The van der Waals surface area contributed by atoms with Gasteiger partial charge in [-0.1, -0.05) is 36.8 Å². The maximum absolute atomic E-state index is 12.6. The van der Waals surface area contributed by atoms with Gasteiger partial charge in [-0.3, -0.25) is 4.90 Å². The molecule has 1 aromatic carbocycles. The van der Waals surface area contributed by atoms with E-state index in [4.69, 9.17) is 0 Å². The zero-order valence-electron chi connectivity index (χ0n) is 17.2. The minimum Gasteiger partial charge on any atom is -0.336 e. The van der Waals surface area contributed by atoms with Crippen molar-refractivity contribution in [1.82, 2.24) is 15.1 Å². The van der Waals surface area contributed by atoms with Crippen LogP contribution in [-0.2, 0) is 5.54 Å². The molecule has 0 aromatic heterocycles. The van der Waals surface area contributed by atoms with Crippen molar-refractivity contribution in [3.05, 3.63) is 35.9 Å². The van der Waals surface area contributed by atoms with Gasteiger partial charge in [-0.05, 0) is 70.9 Å². The summed E-state index contributed by atoms with van der Waals surface area (Å²) >= 11 is 0. The van der Waals surface area contributed by atoms with Crippen molar-refractivity contribution in [3.8, 4) is 0 Å². The summed E-state index contributed by atoms with van der Waals surface area (Å²) in [4.78, 5) is 17.4. The molecular formula is C23H35N3O. The van der Waals surface area contributed by atoms with Gasteiger partial charge >= 0.3 is 6.03 Å². The Morgan fingerprint density at radius 2 is 1.81 bits per heavy atom. The number of amides is 2. The van der Waals surface area contributed by atoms with Crippen molar-refractivity contribution in [1.29, 1.82) is 0 Å². The van der Waals surface area contributed by atoms with E-state index >= 15 is 0 Å². The molecule has 0 atom stereocenters. The number of hydrogen-bond acceptors (Lipinski definition) is 2. The van der Waals surface area contributed by atoms with E-state index in [9.17, 15) is 4.79 Å². The number of urea groups is 1. The zero-order valence-corrected chi connectivity index (χ0v) is 17.2. The quantitative estimate of drug-likeness (QED) is 0.837. The SMILES string of the molecule is CC(C)N(C)[C@]1(c2ccccc2)CC[C@]2(CC1)CNC(=O)N2CC1CCC1. The normalized spacial score (nSPS) is 31.6. The van der Waals surface area contributed by atoms with E-state index < -0.39 is 0 Å². The standard InChI is InChI=1S/C23H35N3O/c1-18(2)25(3)23(20-10-5-4-6-11-20)14-12-22(13-15-23)17-24-21(27)26(22)16-19-8-7-9-19/h4-6,10-11,18-19H,7-9,12-17H2,1-3H3,(H,24,27)/t22-,23+. The fraction of sp³-hybridized carbons (Fsp3) is 0.696. The van der Waals surface area contributed by atoms with Gasteiger partial charge in [-0.2, -0.15) is 0 Å². The Bertz CT molecular complexity index is 659. The Morgan fingerprint density at radius 1 is 1.15 bits per heavy atom. The monoisotopic (exact) mass is 369 g/mol. The van der Waals surface area contributed by atoms with Crippen LogP contribution in [0, 0.1) is 5.92 Å². The third kappa shape index (κ3) is 3.16. The molecule has 1 aliphatic heterocycles. The molecule has 1 N–H and O–H groups in total. The van der Waals surface area contributed by atoms with E-state index in [1.807, 2.05) is 0 Å². The molecule has 4 heteroatoms. The summed E-state index contributed by atoms with van der Waals surface area (Å²) < 4.78 is 0. The number of carbonyl (C=O) groups excluding carboxylic acids is 1. The van der Waals surface area contributed by atoms with E-state index in [-0.39, 0.29) is 17.1 Å². The molecule has 1 aromatic rings. The van der Waals surface area contributed by atoms with E-state index in [1.54, 1.807) is 0 Å². The van der Waals surface area contributed by atoms with Gasteiger partial charge < -0.3 is 10.2 Å². The van der Waals surface area contributed by atoms with E-state index in [1.165, 1.54) is 24.8 Å². The molecule has 1 heterocycles. The van der Waals surface area contributed by atoms with E-state index in [2.05, 4.69) is 66.3 Å². The number of hydrogen-bond donors (Lipinski definition) is 1. The zero-order chi connectivity index (χ0) is 19.1. The number of nitrogens with zero attached hydrogens (tertiary/aromatic N) is 2. The third-order valence-electron chi connectivity index (χ3n) is 7.82. The maximum atomic E-state index is 12.6. The molecule has 0 unspecified atom stereocenters. The van der Waals surface area contributed by atoms with Crippen molar-refractivity contribution in [2.24, 2.45) is 5.92 Å². The smallest absolute Gasteiger partial charge is 0.318 e. The molecule has 148 valence electrons. The second-order valence-electron chi connectivity index (χ2n) is 9.39. The average molecular weight is 370 g/mol. The highest BCUT2D eigenvalue weighted by atomic mass is 16.2. The van der Waals surface area contributed by atoms with Crippen molar-refractivity contribution in [2.75, 3.05) is 20.1 Å². The van der Waals surface area contributed by atoms with E-state index in [0.29, 0.717) is 6.04 Å². The second kappa shape index (κ2) is 7.12. The van der Waals surface area contributed by atoms with Crippen LogP contribution in [0.2, 0.25) is 0 Å². The Balaban J connectivity index is 1.58. The average Bonchev–Trinajstić information content (AvgIpc) is 2.95. The summed E-state index contributed by atoms with van der Waals surface area (Å²) in [5, 5.41) is 3.18. The highest BCUT2D eigenvalue weighted by molar-refractivity contribution is 5.78. The fourth-order valence-electron chi connectivity index (χ4n) is 5.52. The van der Waals surface area contributed by atoms with Gasteiger partial charge in [-0.15, -0.1) is 0 Å². The maximum Gasteiger partial charge on any atom is 0.318 e. The summed E-state index contributed by atoms with van der Waals surface area (Å²) in [5.41, 5.74) is 1.54. The summed E-state index contributed by atoms with van der Waals surface area (Å²) in [6, 6.07) is 11.7. The third-order valence-corrected chi connectivity index (χ3v) is 7.82. The molecule has 3 aliphatic rings. The fourth-order valence-corrected chi connectivity index (χ4v) is 5.52. The highest BCUT2D eigenvalue weighted by Crippen LogP contribution is 2.49. The lowest BCUT2D eigenvalue weighted by Gasteiger charge is -2.53. The molecule has 0 bridgehead atoms. The highest BCUT2D eigenvalue weighted by Gasteiger charge is 2.53. The van der Waals surface area contributed by atoms with Gasteiger partial charge in [0.1, 0.15) is 0 Å². The Hall–Kier alpha value is -1.55. The van der Waals surface area contributed by atoms with Crippen LogP contribution in [0.4, 0.5) is 4.79 Å². The largest absolute Gasteiger partial charge is 0.336 e. The predicted molar refractivity (Wildman–Crippen MR) is 110 cm³/mol. The van der Waals surface area contributed by atoms with Crippen LogP contribution in [0.15, 0.2) is 30.3 Å². The molecule has 1 spiro atoms. The summed E-state index contributed by atoms with van der Waals surface area (Å²) in [6.07, 6.45) is 8.33. The topological polar surface area (TPSA) is 35.6 Å². The van der Waals surface area contributed by atoms with Crippen LogP contribution >= 0.6 is 0 Å². The van der Waals surface area contributed by atoms with Crippen molar-refractivity contribution < 1.29 is 4.79 Å². The number of benzene rings is 1. The van der Waals surface area contributed by atoms with Gasteiger partial charge in [0.2, 0.25) is 0 Å². The minimum atomic E-state index is 0.0305. The molecule has 2 amide bonds. The van der Waals surface area contributed by atoms with Gasteiger partial charge in [-0.25, -0.2) is 4.79 Å². The van der Waals surface area contributed by atoms with Crippen LogP contribution < -0.4 is 5.32 Å². The Morgan fingerprint density at radius 3 is 2.37 bits per heavy atom. The summed E-state index contributed by atoms with van der Waals surface area (Å²) in [6.45, 7) is 6.37. The lowest BCUT2D eigenvalue weighted by Crippen LogP contribution is -2.58. The van der Waals surface area contributed by atoms with Gasteiger partial charge in [0.25, 0.3) is 0 Å².